The Morgan fingerprint density at radius 2 is 1.84 bits per heavy atom. The second kappa shape index (κ2) is 9.08. The summed E-state index contributed by atoms with van der Waals surface area (Å²) in [4.78, 5) is 5.55. The summed E-state index contributed by atoms with van der Waals surface area (Å²) in [6.45, 7) is 5.31. The lowest BCUT2D eigenvalue weighted by atomic mass is 10.0. The van der Waals surface area contributed by atoms with Crippen molar-refractivity contribution >= 4 is 16.6 Å². The highest BCUT2D eigenvalue weighted by atomic mass is 19.1. The minimum atomic E-state index is -0.697. The Morgan fingerprint density at radius 3 is 2.58 bits per heavy atom. The molecular weight excluding hydrogens is 396 g/mol. The van der Waals surface area contributed by atoms with Crippen molar-refractivity contribution < 1.29 is 13.6 Å². The van der Waals surface area contributed by atoms with E-state index in [1.165, 1.54) is 12.1 Å². The standard InChI is InChI=1S/C25H23F2N3O/c1-17(2)15-30-24-11-8-19(12-20(24)14-28-30)25(22-10-9-21(26)13-23(22)27)29-31-16-18-6-4-3-5-7-18/h3-14,17H,15-16H2,1-2H3. The predicted molar refractivity (Wildman–Crippen MR) is 118 cm³/mol. The molecule has 3 aromatic carbocycles. The smallest absolute Gasteiger partial charge is 0.142 e. The average molecular weight is 419 g/mol. The summed E-state index contributed by atoms with van der Waals surface area (Å²) in [5.41, 5.74) is 3.06. The molecule has 0 aliphatic rings. The predicted octanol–water partition coefficient (Wildman–Crippen LogP) is 5.94. The number of halogens is 2. The SMILES string of the molecule is CC(C)Cn1ncc2cc(C(=NOCc3ccccc3)c3ccc(F)cc3F)ccc21. The van der Waals surface area contributed by atoms with Gasteiger partial charge in [0.05, 0.1) is 11.7 Å². The molecule has 4 nitrogen and oxygen atoms in total. The monoisotopic (exact) mass is 419 g/mol. The van der Waals surface area contributed by atoms with Crippen LogP contribution in [0.5, 0.6) is 0 Å². The largest absolute Gasteiger partial charge is 0.390 e. The zero-order valence-corrected chi connectivity index (χ0v) is 17.4. The van der Waals surface area contributed by atoms with Gasteiger partial charge in [0.1, 0.15) is 24.0 Å². The van der Waals surface area contributed by atoms with E-state index < -0.39 is 11.6 Å². The molecule has 4 aromatic rings. The molecule has 0 atom stereocenters. The van der Waals surface area contributed by atoms with Crippen LogP contribution in [0.25, 0.3) is 10.9 Å². The van der Waals surface area contributed by atoms with E-state index in [9.17, 15) is 8.78 Å². The Kier molecular flexibility index (Phi) is 6.07. The third-order valence-electron chi connectivity index (χ3n) is 4.87. The highest BCUT2D eigenvalue weighted by molar-refractivity contribution is 6.14. The van der Waals surface area contributed by atoms with Crippen LogP contribution in [-0.2, 0) is 18.0 Å². The molecule has 4 rings (SSSR count). The highest BCUT2D eigenvalue weighted by Gasteiger charge is 2.16. The van der Waals surface area contributed by atoms with Crippen LogP contribution in [0.3, 0.4) is 0 Å². The van der Waals surface area contributed by atoms with Gasteiger partial charge in [0.15, 0.2) is 0 Å². The molecule has 0 N–H and O–H groups in total. The summed E-state index contributed by atoms with van der Waals surface area (Å²) in [7, 11) is 0. The lowest BCUT2D eigenvalue weighted by Gasteiger charge is -2.10. The van der Waals surface area contributed by atoms with Crippen molar-refractivity contribution in [2.75, 3.05) is 0 Å². The Hall–Kier alpha value is -3.54. The Bertz CT molecular complexity index is 1220. The first-order chi connectivity index (χ1) is 15.0. The Balaban J connectivity index is 1.72. The maximum absolute atomic E-state index is 14.6. The maximum atomic E-state index is 14.6. The first-order valence-electron chi connectivity index (χ1n) is 10.2. The molecule has 0 spiro atoms. The summed E-state index contributed by atoms with van der Waals surface area (Å²) < 4.78 is 30.0. The molecule has 31 heavy (non-hydrogen) atoms. The van der Waals surface area contributed by atoms with E-state index in [1.807, 2.05) is 53.2 Å². The number of hydrogen-bond donors (Lipinski definition) is 0. The molecule has 0 saturated heterocycles. The van der Waals surface area contributed by atoms with E-state index >= 15 is 0 Å². The van der Waals surface area contributed by atoms with Crippen LogP contribution in [-0.4, -0.2) is 15.5 Å². The van der Waals surface area contributed by atoms with Gasteiger partial charge in [-0.25, -0.2) is 8.78 Å². The summed E-state index contributed by atoms with van der Waals surface area (Å²) >= 11 is 0. The van der Waals surface area contributed by atoms with Crippen LogP contribution < -0.4 is 0 Å². The van der Waals surface area contributed by atoms with Crippen LogP contribution in [0.1, 0.15) is 30.5 Å². The first kappa shape index (κ1) is 20.7. The zero-order valence-electron chi connectivity index (χ0n) is 17.4. The van der Waals surface area contributed by atoms with Crippen LogP contribution in [0.4, 0.5) is 8.78 Å². The van der Waals surface area contributed by atoms with E-state index in [2.05, 4.69) is 24.1 Å². The summed E-state index contributed by atoms with van der Waals surface area (Å²) in [5.74, 6) is -0.881. The fraction of sp³-hybridized carbons (Fsp3) is 0.200. The lowest BCUT2D eigenvalue weighted by molar-refractivity contribution is 0.131. The molecule has 0 bridgehead atoms. The van der Waals surface area contributed by atoms with Crippen molar-refractivity contribution in [3.63, 3.8) is 0 Å². The summed E-state index contributed by atoms with van der Waals surface area (Å²) in [6, 6.07) is 18.7. The van der Waals surface area contributed by atoms with Crippen LogP contribution in [0.15, 0.2) is 78.1 Å². The second-order valence-corrected chi connectivity index (χ2v) is 7.82. The number of nitrogens with zero attached hydrogens (tertiary/aromatic N) is 3. The third kappa shape index (κ3) is 4.79. The number of rotatable bonds is 7. The molecule has 0 fully saturated rings. The normalized spacial score (nSPS) is 12.0. The van der Waals surface area contributed by atoms with Crippen molar-refractivity contribution in [3.05, 3.63) is 101 Å². The van der Waals surface area contributed by atoms with Gasteiger partial charge in [0, 0.05) is 29.1 Å². The molecule has 0 aliphatic carbocycles. The molecule has 1 aromatic heterocycles. The minimum Gasteiger partial charge on any atom is -0.390 e. The molecule has 158 valence electrons. The number of aromatic nitrogens is 2. The van der Waals surface area contributed by atoms with E-state index in [0.717, 1.165) is 29.1 Å². The van der Waals surface area contributed by atoms with Gasteiger partial charge in [0.25, 0.3) is 0 Å². The molecule has 0 radical (unpaired) electrons. The fourth-order valence-corrected chi connectivity index (χ4v) is 3.41. The van der Waals surface area contributed by atoms with Crippen molar-refractivity contribution in [2.45, 2.75) is 27.0 Å². The Morgan fingerprint density at radius 1 is 1.03 bits per heavy atom. The molecule has 0 amide bonds. The number of fused-ring (bicyclic) bond motifs is 1. The van der Waals surface area contributed by atoms with Crippen molar-refractivity contribution in [2.24, 2.45) is 11.1 Å². The van der Waals surface area contributed by atoms with Gasteiger partial charge < -0.3 is 4.84 Å². The van der Waals surface area contributed by atoms with Gasteiger partial charge in [-0.3, -0.25) is 4.68 Å². The highest BCUT2D eigenvalue weighted by Crippen LogP contribution is 2.22. The van der Waals surface area contributed by atoms with Gasteiger partial charge >= 0.3 is 0 Å². The topological polar surface area (TPSA) is 39.4 Å². The summed E-state index contributed by atoms with van der Waals surface area (Å²) in [6.07, 6.45) is 1.78. The van der Waals surface area contributed by atoms with E-state index in [1.54, 1.807) is 6.20 Å². The quantitative estimate of drug-likeness (QED) is 0.275. The zero-order chi connectivity index (χ0) is 21.8. The van der Waals surface area contributed by atoms with Crippen molar-refractivity contribution in [1.29, 1.82) is 0 Å². The van der Waals surface area contributed by atoms with Gasteiger partial charge in [-0.1, -0.05) is 55.4 Å². The van der Waals surface area contributed by atoms with Gasteiger partial charge in [-0.2, -0.15) is 5.10 Å². The van der Waals surface area contributed by atoms with Crippen LogP contribution in [0.2, 0.25) is 0 Å². The lowest BCUT2D eigenvalue weighted by Crippen LogP contribution is -2.08. The van der Waals surface area contributed by atoms with Gasteiger partial charge in [-0.05, 0) is 35.7 Å². The number of oxime groups is 1. The molecule has 0 aliphatic heterocycles. The minimum absolute atomic E-state index is 0.170. The molecule has 6 heteroatoms. The molecule has 1 heterocycles. The van der Waals surface area contributed by atoms with E-state index in [-0.39, 0.29) is 12.2 Å². The molecule has 0 saturated carbocycles. The fourth-order valence-electron chi connectivity index (χ4n) is 3.41. The molecular formula is C25H23F2N3O. The first-order valence-corrected chi connectivity index (χ1v) is 10.2. The summed E-state index contributed by atoms with van der Waals surface area (Å²) in [5, 5.41) is 9.61. The molecule has 0 unspecified atom stereocenters. The van der Waals surface area contributed by atoms with Crippen molar-refractivity contribution in [1.82, 2.24) is 9.78 Å². The van der Waals surface area contributed by atoms with Gasteiger partial charge in [-0.15, -0.1) is 0 Å². The maximum Gasteiger partial charge on any atom is 0.142 e. The number of hydrogen-bond acceptors (Lipinski definition) is 3. The van der Waals surface area contributed by atoms with Gasteiger partial charge in [0.2, 0.25) is 0 Å². The second-order valence-electron chi connectivity index (χ2n) is 7.82. The van der Waals surface area contributed by atoms with Crippen LogP contribution in [0, 0.1) is 17.6 Å². The number of benzene rings is 3. The van der Waals surface area contributed by atoms with E-state index in [0.29, 0.717) is 17.2 Å². The van der Waals surface area contributed by atoms with E-state index in [4.69, 9.17) is 4.84 Å². The third-order valence-corrected chi connectivity index (χ3v) is 4.87. The van der Waals surface area contributed by atoms with Crippen LogP contribution >= 0.6 is 0 Å². The van der Waals surface area contributed by atoms with Crippen molar-refractivity contribution in [3.8, 4) is 0 Å². The average Bonchev–Trinajstić information content (AvgIpc) is 3.14. The Labute approximate surface area is 179 Å².